The lowest BCUT2D eigenvalue weighted by Gasteiger charge is -2.31. The van der Waals surface area contributed by atoms with E-state index >= 15 is 0 Å². The molecule has 1 aliphatic carbocycles. The van der Waals surface area contributed by atoms with Crippen LogP contribution in [0.15, 0.2) is 106 Å². The van der Waals surface area contributed by atoms with E-state index in [0.717, 1.165) is 46.4 Å². The Morgan fingerprint density at radius 3 is 2.64 bits per heavy atom. The van der Waals surface area contributed by atoms with Gasteiger partial charge in [-0.05, 0) is 72.4 Å². The number of hydrogen-bond acceptors (Lipinski definition) is 6. The fourth-order valence-electron chi connectivity index (χ4n) is 6.06. The molecule has 1 aromatic heterocycles. The standard InChI is InChI=1S/C37H28ClN3O3S/c1-2-43-32-19-23(15-18-31(32)44-22-26-11-4-3-10-25(26)21-39)20-33-36(42)41-35(28-13-7-8-14-30(28)38)29-17-16-24-9-5-6-12-27(24)34(29)40-37(41)45-33/h3-15,18-20,35H,2,16-17,22H2,1H3/t35-/m0/s1. The summed E-state index contributed by atoms with van der Waals surface area (Å²) in [6.07, 6.45) is 3.56. The molecule has 8 heteroatoms. The van der Waals surface area contributed by atoms with Crippen LogP contribution in [0.25, 0.3) is 11.8 Å². The van der Waals surface area contributed by atoms with Crippen molar-refractivity contribution in [3.63, 3.8) is 0 Å². The largest absolute Gasteiger partial charge is 0.490 e. The van der Waals surface area contributed by atoms with Gasteiger partial charge in [0.1, 0.15) is 6.61 Å². The monoisotopic (exact) mass is 629 g/mol. The van der Waals surface area contributed by atoms with Gasteiger partial charge in [-0.25, -0.2) is 4.99 Å². The second-order valence-electron chi connectivity index (χ2n) is 10.8. The molecule has 1 atom stereocenters. The van der Waals surface area contributed by atoms with Crippen LogP contribution in [0.5, 0.6) is 11.5 Å². The number of hydrogen-bond donors (Lipinski definition) is 0. The van der Waals surface area contributed by atoms with Gasteiger partial charge in [0.15, 0.2) is 16.3 Å². The van der Waals surface area contributed by atoms with E-state index < -0.39 is 0 Å². The van der Waals surface area contributed by atoms with Crippen LogP contribution < -0.4 is 24.4 Å². The van der Waals surface area contributed by atoms with Gasteiger partial charge in [-0.15, -0.1) is 0 Å². The van der Waals surface area contributed by atoms with Crippen molar-refractivity contribution >= 4 is 34.7 Å². The number of aryl methyl sites for hydroxylation is 1. The Morgan fingerprint density at radius 1 is 1.00 bits per heavy atom. The molecular formula is C37H28ClN3O3S. The average Bonchev–Trinajstić information content (AvgIpc) is 3.37. The normalized spacial score (nSPS) is 15.4. The first-order chi connectivity index (χ1) is 22.1. The maximum atomic E-state index is 14.2. The van der Waals surface area contributed by atoms with E-state index in [2.05, 4.69) is 24.3 Å². The van der Waals surface area contributed by atoms with Crippen molar-refractivity contribution in [1.29, 1.82) is 5.26 Å². The SMILES string of the molecule is CCOc1cc(C=c2sc3n(c2=O)[C@@H](c2ccccc2Cl)C2=C(N=3)c3ccccc3CC2)ccc1OCc1ccccc1C#N. The molecule has 2 aliphatic rings. The Kier molecular flexibility index (Phi) is 7.85. The molecule has 2 heterocycles. The van der Waals surface area contributed by atoms with Gasteiger partial charge in [0.2, 0.25) is 0 Å². The Morgan fingerprint density at radius 2 is 1.80 bits per heavy atom. The first-order valence-electron chi connectivity index (χ1n) is 14.8. The fraction of sp³-hybridized carbons (Fsp3) is 0.162. The molecular weight excluding hydrogens is 602 g/mol. The Bertz CT molecular complexity index is 2210. The third-order valence-corrected chi connectivity index (χ3v) is 9.49. The zero-order valence-electron chi connectivity index (χ0n) is 24.5. The van der Waals surface area contributed by atoms with Gasteiger partial charge in [-0.2, -0.15) is 5.26 Å². The minimum absolute atomic E-state index is 0.111. The van der Waals surface area contributed by atoms with Gasteiger partial charge in [-0.1, -0.05) is 89.7 Å². The van der Waals surface area contributed by atoms with E-state index in [1.165, 1.54) is 16.9 Å². The molecule has 7 rings (SSSR count). The Balaban J connectivity index is 1.31. The molecule has 0 bridgehead atoms. The van der Waals surface area contributed by atoms with E-state index in [-0.39, 0.29) is 18.2 Å². The maximum absolute atomic E-state index is 14.2. The number of ether oxygens (including phenoxy) is 2. The topological polar surface area (TPSA) is 76.6 Å². The van der Waals surface area contributed by atoms with Crippen molar-refractivity contribution in [2.45, 2.75) is 32.4 Å². The molecule has 0 fully saturated rings. The summed E-state index contributed by atoms with van der Waals surface area (Å²) in [6.45, 7) is 2.59. The van der Waals surface area contributed by atoms with Crippen molar-refractivity contribution in [1.82, 2.24) is 4.57 Å². The highest BCUT2D eigenvalue weighted by molar-refractivity contribution is 7.07. The van der Waals surface area contributed by atoms with Gasteiger partial charge in [0.05, 0.1) is 34.5 Å². The van der Waals surface area contributed by atoms with Crippen molar-refractivity contribution in [2.24, 2.45) is 4.99 Å². The van der Waals surface area contributed by atoms with Crippen LogP contribution in [0.2, 0.25) is 5.02 Å². The summed E-state index contributed by atoms with van der Waals surface area (Å²) in [7, 11) is 0. The number of allylic oxidation sites excluding steroid dienone is 1. The highest BCUT2D eigenvalue weighted by atomic mass is 35.5. The minimum atomic E-state index is -0.341. The first-order valence-corrected chi connectivity index (χ1v) is 16.0. The van der Waals surface area contributed by atoms with Crippen molar-refractivity contribution in [2.75, 3.05) is 6.61 Å². The molecule has 222 valence electrons. The smallest absolute Gasteiger partial charge is 0.271 e. The Hall–Kier alpha value is -4.90. The van der Waals surface area contributed by atoms with Crippen molar-refractivity contribution in [3.05, 3.63) is 155 Å². The van der Waals surface area contributed by atoms with Gasteiger partial charge < -0.3 is 9.47 Å². The van der Waals surface area contributed by atoms with Gasteiger partial charge in [0.25, 0.3) is 5.56 Å². The quantitative estimate of drug-likeness (QED) is 0.198. The molecule has 0 radical (unpaired) electrons. The third-order valence-electron chi connectivity index (χ3n) is 8.16. The number of benzene rings is 4. The number of aromatic nitrogens is 1. The molecule has 1 aliphatic heterocycles. The summed E-state index contributed by atoms with van der Waals surface area (Å²) in [6, 6.07) is 31.0. The molecule has 0 spiro atoms. The summed E-state index contributed by atoms with van der Waals surface area (Å²) in [5, 5.41) is 10.1. The zero-order valence-corrected chi connectivity index (χ0v) is 26.1. The molecule has 0 amide bonds. The highest BCUT2D eigenvalue weighted by Gasteiger charge is 2.33. The number of rotatable bonds is 7. The maximum Gasteiger partial charge on any atom is 0.271 e. The van der Waals surface area contributed by atoms with Crippen LogP contribution >= 0.6 is 22.9 Å². The van der Waals surface area contributed by atoms with E-state index in [1.807, 2.05) is 79.7 Å². The second kappa shape index (κ2) is 12.2. The summed E-state index contributed by atoms with van der Waals surface area (Å²) < 4.78 is 14.4. The van der Waals surface area contributed by atoms with Crippen LogP contribution in [0.3, 0.4) is 0 Å². The van der Waals surface area contributed by atoms with Crippen LogP contribution in [-0.2, 0) is 13.0 Å². The predicted octanol–water partition coefficient (Wildman–Crippen LogP) is 6.82. The Labute approximate surface area is 269 Å². The first kappa shape index (κ1) is 28.8. The van der Waals surface area contributed by atoms with Gasteiger partial charge in [0, 0.05) is 16.1 Å². The lowest BCUT2D eigenvalue weighted by molar-refractivity contribution is 0.269. The van der Waals surface area contributed by atoms with Crippen LogP contribution in [0.1, 0.15) is 52.8 Å². The zero-order chi connectivity index (χ0) is 30.9. The third kappa shape index (κ3) is 5.37. The van der Waals surface area contributed by atoms with E-state index in [4.69, 9.17) is 26.1 Å². The lowest BCUT2D eigenvalue weighted by atomic mass is 9.83. The molecule has 0 saturated heterocycles. The molecule has 6 nitrogen and oxygen atoms in total. The number of nitriles is 1. The number of thiazole rings is 1. The van der Waals surface area contributed by atoms with Crippen molar-refractivity contribution in [3.8, 4) is 17.6 Å². The fourth-order valence-corrected chi connectivity index (χ4v) is 7.30. The van der Waals surface area contributed by atoms with Crippen LogP contribution in [0.4, 0.5) is 0 Å². The van der Waals surface area contributed by atoms with E-state index in [9.17, 15) is 10.1 Å². The molecule has 4 aromatic carbocycles. The van der Waals surface area contributed by atoms with Gasteiger partial charge in [-0.3, -0.25) is 9.36 Å². The molecule has 0 N–H and O–H groups in total. The summed E-state index contributed by atoms with van der Waals surface area (Å²) in [5.74, 6) is 1.13. The van der Waals surface area contributed by atoms with E-state index in [0.29, 0.717) is 38.0 Å². The summed E-state index contributed by atoms with van der Waals surface area (Å²) >= 11 is 8.15. The van der Waals surface area contributed by atoms with Gasteiger partial charge >= 0.3 is 0 Å². The molecule has 45 heavy (non-hydrogen) atoms. The number of nitrogens with zero attached hydrogens (tertiary/aromatic N) is 3. The second-order valence-corrected chi connectivity index (χ2v) is 12.2. The minimum Gasteiger partial charge on any atom is -0.490 e. The number of halogens is 1. The predicted molar refractivity (Wildman–Crippen MR) is 177 cm³/mol. The molecule has 5 aromatic rings. The van der Waals surface area contributed by atoms with Crippen LogP contribution in [0, 0.1) is 11.3 Å². The molecule has 0 unspecified atom stereocenters. The summed E-state index contributed by atoms with van der Waals surface area (Å²) in [5.41, 5.74) is 7.38. The van der Waals surface area contributed by atoms with Crippen LogP contribution in [-0.4, -0.2) is 11.2 Å². The molecule has 0 saturated carbocycles. The highest BCUT2D eigenvalue weighted by Crippen LogP contribution is 2.42. The summed E-state index contributed by atoms with van der Waals surface area (Å²) in [4.78, 5) is 19.9. The van der Waals surface area contributed by atoms with E-state index in [1.54, 1.807) is 10.6 Å². The average molecular weight is 630 g/mol. The van der Waals surface area contributed by atoms with Crippen molar-refractivity contribution < 1.29 is 9.47 Å². The lowest BCUT2D eigenvalue weighted by Crippen LogP contribution is -2.38. The number of fused-ring (bicyclic) bond motifs is 3.